The fourth-order valence-electron chi connectivity index (χ4n) is 1.19. The highest BCUT2D eigenvalue weighted by Crippen LogP contribution is 1.97. The molecule has 0 radical (unpaired) electrons. The van der Waals surface area contributed by atoms with Crippen LogP contribution in [0.2, 0.25) is 0 Å². The molecule has 0 aliphatic carbocycles. The van der Waals surface area contributed by atoms with E-state index >= 15 is 0 Å². The molecular formula is C14H24O5. The lowest BCUT2D eigenvalue weighted by molar-refractivity contribution is -0.158. The van der Waals surface area contributed by atoms with E-state index in [0.29, 0.717) is 26.4 Å². The van der Waals surface area contributed by atoms with E-state index in [4.69, 9.17) is 18.9 Å². The van der Waals surface area contributed by atoms with Crippen molar-refractivity contribution in [1.29, 1.82) is 0 Å². The second-order valence-corrected chi connectivity index (χ2v) is 4.07. The minimum Gasteiger partial charge on any atom is -0.459 e. The molecule has 19 heavy (non-hydrogen) atoms. The summed E-state index contributed by atoms with van der Waals surface area (Å²) in [5, 5.41) is 0. The summed E-state index contributed by atoms with van der Waals surface area (Å²) in [6, 6.07) is 0. The molecule has 0 aromatic heterocycles. The lowest BCUT2D eigenvalue weighted by Gasteiger charge is -2.15. The molecule has 0 aliphatic heterocycles. The average Bonchev–Trinajstić information content (AvgIpc) is 2.37. The molecule has 0 spiro atoms. The minimum atomic E-state index is -0.412. The normalized spacial score (nSPS) is 13.6. The summed E-state index contributed by atoms with van der Waals surface area (Å²) in [4.78, 5) is 11.4. The summed E-state index contributed by atoms with van der Waals surface area (Å²) in [6.07, 6.45) is 2.83. The Bertz CT molecular complexity index is 265. The highest BCUT2D eigenvalue weighted by atomic mass is 16.6. The van der Waals surface area contributed by atoms with Crippen LogP contribution in [0.4, 0.5) is 0 Å². The van der Waals surface area contributed by atoms with E-state index in [1.807, 2.05) is 6.92 Å². The maximum Gasteiger partial charge on any atom is 0.332 e. The number of hydrogen-bond donors (Lipinski definition) is 0. The summed E-state index contributed by atoms with van der Waals surface area (Å²) >= 11 is 0. The van der Waals surface area contributed by atoms with Crippen LogP contribution in [0.5, 0.6) is 0 Å². The van der Waals surface area contributed by atoms with Gasteiger partial charge in [-0.15, -0.1) is 13.2 Å². The first-order chi connectivity index (χ1) is 9.10. The molecule has 0 saturated heterocycles. The maximum atomic E-state index is 11.4. The van der Waals surface area contributed by atoms with Gasteiger partial charge in [0.1, 0.15) is 12.7 Å². The number of rotatable bonds is 12. The summed E-state index contributed by atoms with van der Waals surface area (Å²) in [6.45, 7) is 12.2. The van der Waals surface area contributed by atoms with Crippen LogP contribution in [0.25, 0.3) is 0 Å². The fraction of sp³-hybridized carbons (Fsp3) is 0.643. The van der Waals surface area contributed by atoms with Crippen molar-refractivity contribution in [3.05, 3.63) is 25.3 Å². The molecule has 0 amide bonds. The van der Waals surface area contributed by atoms with E-state index in [9.17, 15) is 4.79 Å². The Hall–Kier alpha value is -1.17. The van der Waals surface area contributed by atoms with Crippen molar-refractivity contribution < 1.29 is 23.7 Å². The SMILES string of the molecule is C=CCOCC(C)OCC(=O)OC(C)COCC=C. The Morgan fingerprint density at radius 1 is 1.05 bits per heavy atom. The predicted octanol–water partition coefficient (Wildman–Crippen LogP) is 1.73. The average molecular weight is 272 g/mol. The highest BCUT2D eigenvalue weighted by molar-refractivity contribution is 5.70. The molecule has 0 rings (SSSR count). The second kappa shape index (κ2) is 11.9. The van der Waals surface area contributed by atoms with Gasteiger partial charge in [-0.3, -0.25) is 0 Å². The number of carbonyl (C=O) groups is 1. The van der Waals surface area contributed by atoms with Crippen molar-refractivity contribution in [2.75, 3.05) is 33.0 Å². The third-order valence-electron chi connectivity index (χ3n) is 1.99. The van der Waals surface area contributed by atoms with E-state index in [1.165, 1.54) is 0 Å². The molecule has 0 aromatic carbocycles. The summed E-state index contributed by atoms with van der Waals surface area (Å²) < 4.78 is 20.7. The molecule has 2 atom stereocenters. The van der Waals surface area contributed by atoms with Crippen LogP contribution in [-0.4, -0.2) is 51.2 Å². The van der Waals surface area contributed by atoms with Crippen molar-refractivity contribution in [2.24, 2.45) is 0 Å². The van der Waals surface area contributed by atoms with Gasteiger partial charge < -0.3 is 18.9 Å². The Morgan fingerprint density at radius 3 is 2.11 bits per heavy atom. The van der Waals surface area contributed by atoms with Crippen LogP contribution in [0, 0.1) is 0 Å². The zero-order valence-electron chi connectivity index (χ0n) is 11.8. The van der Waals surface area contributed by atoms with Gasteiger partial charge in [-0.1, -0.05) is 12.2 Å². The molecular weight excluding hydrogens is 248 g/mol. The first-order valence-corrected chi connectivity index (χ1v) is 6.28. The number of carbonyl (C=O) groups excluding carboxylic acids is 1. The number of hydrogen-bond acceptors (Lipinski definition) is 5. The molecule has 110 valence electrons. The van der Waals surface area contributed by atoms with Crippen LogP contribution >= 0.6 is 0 Å². The van der Waals surface area contributed by atoms with Gasteiger partial charge in [0.25, 0.3) is 0 Å². The summed E-state index contributed by atoms with van der Waals surface area (Å²) in [5.74, 6) is -0.412. The summed E-state index contributed by atoms with van der Waals surface area (Å²) in [5.41, 5.74) is 0. The van der Waals surface area contributed by atoms with Crippen molar-refractivity contribution in [3.63, 3.8) is 0 Å². The molecule has 5 heteroatoms. The molecule has 0 N–H and O–H groups in total. The number of esters is 1. The van der Waals surface area contributed by atoms with Gasteiger partial charge in [-0.05, 0) is 13.8 Å². The molecule has 0 bridgehead atoms. The predicted molar refractivity (Wildman–Crippen MR) is 73.0 cm³/mol. The fourth-order valence-corrected chi connectivity index (χ4v) is 1.19. The van der Waals surface area contributed by atoms with Gasteiger partial charge in [-0.2, -0.15) is 0 Å². The second-order valence-electron chi connectivity index (χ2n) is 4.07. The molecule has 0 aliphatic rings. The smallest absolute Gasteiger partial charge is 0.332 e. The van der Waals surface area contributed by atoms with E-state index in [-0.39, 0.29) is 18.8 Å². The van der Waals surface area contributed by atoms with Gasteiger partial charge in [-0.25, -0.2) is 4.79 Å². The van der Waals surface area contributed by atoms with E-state index in [1.54, 1.807) is 19.1 Å². The molecule has 0 saturated carbocycles. The van der Waals surface area contributed by atoms with Gasteiger partial charge >= 0.3 is 5.97 Å². The first kappa shape index (κ1) is 17.8. The lowest BCUT2D eigenvalue weighted by Crippen LogP contribution is -2.26. The van der Waals surface area contributed by atoms with Crippen molar-refractivity contribution in [2.45, 2.75) is 26.1 Å². The van der Waals surface area contributed by atoms with Crippen LogP contribution < -0.4 is 0 Å². The summed E-state index contributed by atoms with van der Waals surface area (Å²) in [7, 11) is 0. The van der Waals surface area contributed by atoms with Crippen LogP contribution in [0.1, 0.15) is 13.8 Å². The Morgan fingerprint density at radius 2 is 1.58 bits per heavy atom. The van der Waals surface area contributed by atoms with Gasteiger partial charge in [0, 0.05) is 0 Å². The van der Waals surface area contributed by atoms with Crippen LogP contribution in [-0.2, 0) is 23.7 Å². The van der Waals surface area contributed by atoms with Crippen LogP contribution in [0.3, 0.4) is 0 Å². The van der Waals surface area contributed by atoms with Crippen molar-refractivity contribution >= 4 is 5.97 Å². The third-order valence-corrected chi connectivity index (χ3v) is 1.99. The zero-order valence-corrected chi connectivity index (χ0v) is 11.8. The maximum absolute atomic E-state index is 11.4. The Balaban J connectivity index is 3.61. The standard InChI is InChI=1S/C14H24O5/c1-5-7-16-9-12(3)18-11-14(15)19-13(4)10-17-8-6-2/h5-6,12-13H,1-2,7-11H2,3-4H3. The van der Waals surface area contributed by atoms with E-state index < -0.39 is 5.97 Å². The molecule has 0 heterocycles. The monoisotopic (exact) mass is 272 g/mol. The quantitative estimate of drug-likeness (QED) is 0.308. The lowest BCUT2D eigenvalue weighted by atomic mass is 10.4. The number of ether oxygens (including phenoxy) is 4. The van der Waals surface area contributed by atoms with Crippen molar-refractivity contribution in [1.82, 2.24) is 0 Å². The van der Waals surface area contributed by atoms with Gasteiger partial charge in [0.05, 0.1) is 32.5 Å². The minimum absolute atomic E-state index is 0.0928. The van der Waals surface area contributed by atoms with Gasteiger partial charge in [0.2, 0.25) is 0 Å². The van der Waals surface area contributed by atoms with E-state index in [2.05, 4.69) is 13.2 Å². The molecule has 5 nitrogen and oxygen atoms in total. The molecule has 2 unspecified atom stereocenters. The Kier molecular flexibility index (Phi) is 11.2. The molecule has 0 fully saturated rings. The van der Waals surface area contributed by atoms with E-state index in [0.717, 1.165) is 0 Å². The Labute approximate surface area is 115 Å². The third kappa shape index (κ3) is 11.6. The first-order valence-electron chi connectivity index (χ1n) is 6.28. The topological polar surface area (TPSA) is 54.0 Å². The zero-order chi connectivity index (χ0) is 14.5. The van der Waals surface area contributed by atoms with Gasteiger partial charge in [0.15, 0.2) is 0 Å². The largest absolute Gasteiger partial charge is 0.459 e. The van der Waals surface area contributed by atoms with Crippen molar-refractivity contribution in [3.8, 4) is 0 Å². The highest BCUT2D eigenvalue weighted by Gasteiger charge is 2.11. The van der Waals surface area contributed by atoms with Crippen LogP contribution in [0.15, 0.2) is 25.3 Å². The molecule has 0 aromatic rings.